The topological polar surface area (TPSA) is 38.9 Å². The summed E-state index contributed by atoms with van der Waals surface area (Å²) >= 11 is 3.46. The number of fused-ring (bicyclic) bond motifs is 1. The molecule has 1 heterocycles. The molecule has 2 rings (SSSR count). The van der Waals surface area contributed by atoms with Crippen LogP contribution in [0.2, 0.25) is 0 Å². The normalized spacial score (nSPS) is 10.6. The van der Waals surface area contributed by atoms with Crippen molar-refractivity contribution in [3.05, 3.63) is 34.4 Å². The van der Waals surface area contributed by atoms with Gasteiger partial charge in [0.05, 0.1) is 5.52 Å². The number of hydrogen-bond acceptors (Lipinski definition) is 2. The van der Waals surface area contributed by atoms with Gasteiger partial charge in [0.25, 0.3) is 0 Å². The smallest absolute Gasteiger partial charge is 0.0763 e. The Kier molecular flexibility index (Phi) is 1.96. The predicted octanol–water partition coefficient (Wildman–Crippen LogP) is 2.89. The number of nitrogens with zero attached hydrogens (tertiary/aromatic N) is 1. The minimum Gasteiger partial charge on any atom is -0.398 e. The van der Waals surface area contributed by atoms with Crippen molar-refractivity contribution in [3.63, 3.8) is 0 Å². The van der Waals surface area contributed by atoms with Crippen molar-refractivity contribution in [2.45, 2.75) is 6.92 Å². The minimum absolute atomic E-state index is 0.764. The molecule has 0 amide bonds. The number of nitrogens with two attached hydrogens (primary N) is 1. The van der Waals surface area contributed by atoms with Gasteiger partial charge in [-0.3, -0.25) is 4.98 Å². The number of benzene rings is 1. The lowest BCUT2D eigenvalue weighted by molar-refractivity contribution is 1.36. The molecule has 0 atom stereocenters. The first-order valence-corrected chi connectivity index (χ1v) is 4.79. The van der Waals surface area contributed by atoms with E-state index in [9.17, 15) is 0 Å². The zero-order chi connectivity index (χ0) is 9.42. The number of anilines is 1. The molecule has 0 aliphatic rings. The van der Waals surface area contributed by atoms with Gasteiger partial charge >= 0.3 is 0 Å². The predicted molar refractivity (Wildman–Crippen MR) is 58.6 cm³/mol. The van der Waals surface area contributed by atoms with Gasteiger partial charge in [-0.25, -0.2) is 0 Å². The average Bonchev–Trinajstić information content (AvgIpc) is 2.12. The molecule has 2 aromatic rings. The standard InChI is InChI=1S/C10H9BrN2/c1-6-2-3-7(11)9-8(12)4-5-13-10(6)9/h2-5H,1H3,(H2,12,13). The summed E-state index contributed by atoms with van der Waals surface area (Å²) in [7, 11) is 0. The molecule has 0 aliphatic carbocycles. The fourth-order valence-corrected chi connectivity index (χ4v) is 1.94. The molecule has 0 saturated heterocycles. The van der Waals surface area contributed by atoms with Crippen LogP contribution in [0.1, 0.15) is 5.56 Å². The van der Waals surface area contributed by atoms with Crippen molar-refractivity contribution >= 4 is 32.5 Å². The molecule has 3 heteroatoms. The molecule has 13 heavy (non-hydrogen) atoms. The molecule has 2 nitrogen and oxygen atoms in total. The lowest BCUT2D eigenvalue weighted by Gasteiger charge is -2.05. The Bertz CT molecular complexity index is 457. The highest BCUT2D eigenvalue weighted by atomic mass is 79.9. The van der Waals surface area contributed by atoms with Crippen molar-refractivity contribution in [3.8, 4) is 0 Å². The maximum Gasteiger partial charge on any atom is 0.0763 e. The highest BCUT2D eigenvalue weighted by Gasteiger charge is 2.04. The third-order valence-electron chi connectivity index (χ3n) is 2.08. The Morgan fingerprint density at radius 2 is 2.08 bits per heavy atom. The van der Waals surface area contributed by atoms with Crippen molar-refractivity contribution < 1.29 is 0 Å². The summed E-state index contributed by atoms with van der Waals surface area (Å²) in [6.07, 6.45) is 1.73. The second-order valence-electron chi connectivity index (χ2n) is 2.99. The van der Waals surface area contributed by atoms with Gasteiger partial charge in [-0.2, -0.15) is 0 Å². The molecule has 0 unspecified atom stereocenters. The number of aryl methyl sites for hydroxylation is 1. The third-order valence-corrected chi connectivity index (χ3v) is 2.74. The second kappa shape index (κ2) is 3.00. The van der Waals surface area contributed by atoms with E-state index in [1.807, 2.05) is 25.1 Å². The van der Waals surface area contributed by atoms with Crippen LogP contribution in [0.5, 0.6) is 0 Å². The zero-order valence-corrected chi connectivity index (χ0v) is 8.80. The van der Waals surface area contributed by atoms with Crippen LogP contribution in [-0.4, -0.2) is 4.98 Å². The van der Waals surface area contributed by atoms with Crippen LogP contribution in [0.3, 0.4) is 0 Å². The number of pyridine rings is 1. The number of halogens is 1. The van der Waals surface area contributed by atoms with Crippen LogP contribution >= 0.6 is 15.9 Å². The maximum absolute atomic E-state index is 5.86. The Labute approximate surface area is 84.9 Å². The fraction of sp³-hybridized carbons (Fsp3) is 0.100. The Morgan fingerprint density at radius 1 is 1.31 bits per heavy atom. The van der Waals surface area contributed by atoms with Crippen LogP contribution in [0, 0.1) is 6.92 Å². The van der Waals surface area contributed by atoms with Gasteiger partial charge < -0.3 is 5.73 Å². The molecule has 1 aromatic carbocycles. The van der Waals surface area contributed by atoms with E-state index in [0.29, 0.717) is 0 Å². The van der Waals surface area contributed by atoms with E-state index in [1.54, 1.807) is 6.20 Å². The van der Waals surface area contributed by atoms with Crippen molar-refractivity contribution in [1.82, 2.24) is 4.98 Å². The highest BCUT2D eigenvalue weighted by molar-refractivity contribution is 9.10. The molecule has 2 N–H and O–H groups in total. The van der Waals surface area contributed by atoms with Gasteiger partial charge in [-0.15, -0.1) is 0 Å². The van der Waals surface area contributed by atoms with Gasteiger partial charge in [0.1, 0.15) is 0 Å². The fourth-order valence-electron chi connectivity index (χ4n) is 1.39. The third kappa shape index (κ3) is 1.29. The number of hydrogen-bond donors (Lipinski definition) is 1. The monoisotopic (exact) mass is 236 g/mol. The molecule has 1 aromatic heterocycles. The summed E-state index contributed by atoms with van der Waals surface area (Å²) in [6, 6.07) is 5.83. The van der Waals surface area contributed by atoms with E-state index < -0.39 is 0 Å². The van der Waals surface area contributed by atoms with Crippen LogP contribution < -0.4 is 5.73 Å². The minimum atomic E-state index is 0.764. The first-order chi connectivity index (χ1) is 6.20. The first kappa shape index (κ1) is 8.51. The summed E-state index contributed by atoms with van der Waals surface area (Å²) in [5.74, 6) is 0. The Balaban J connectivity index is 3.00. The van der Waals surface area contributed by atoms with Crippen LogP contribution in [0.15, 0.2) is 28.9 Å². The van der Waals surface area contributed by atoms with Crippen molar-refractivity contribution in [2.24, 2.45) is 0 Å². The summed E-state index contributed by atoms with van der Waals surface area (Å²) in [4.78, 5) is 4.29. The zero-order valence-electron chi connectivity index (χ0n) is 7.21. The molecule has 0 spiro atoms. The summed E-state index contributed by atoms with van der Waals surface area (Å²) in [6.45, 7) is 2.03. The van der Waals surface area contributed by atoms with Gasteiger partial charge in [-0.05, 0) is 24.6 Å². The van der Waals surface area contributed by atoms with E-state index in [4.69, 9.17) is 5.73 Å². The molecule has 0 saturated carbocycles. The Morgan fingerprint density at radius 3 is 2.77 bits per heavy atom. The lowest BCUT2D eigenvalue weighted by atomic mass is 10.1. The van der Waals surface area contributed by atoms with Crippen LogP contribution in [0.25, 0.3) is 10.9 Å². The van der Waals surface area contributed by atoms with E-state index in [0.717, 1.165) is 26.6 Å². The number of rotatable bonds is 0. The molecule has 0 radical (unpaired) electrons. The van der Waals surface area contributed by atoms with E-state index in [2.05, 4.69) is 20.9 Å². The average molecular weight is 237 g/mol. The van der Waals surface area contributed by atoms with Crippen LogP contribution in [0.4, 0.5) is 5.69 Å². The molecule has 0 aliphatic heterocycles. The quantitative estimate of drug-likeness (QED) is 0.765. The van der Waals surface area contributed by atoms with Crippen molar-refractivity contribution in [1.29, 1.82) is 0 Å². The van der Waals surface area contributed by atoms with Gasteiger partial charge in [0.2, 0.25) is 0 Å². The van der Waals surface area contributed by atoms with E-state index in [-0.39, 0.29) is 0 Å². The van der Waals surface area contributed by atoms with Crippen molar-refractivity contribution in [2.75, 3.05) is 5.73 Å². The van der Waals surface area contributed by atoms with Crippen LogP contribution in [-0.2, 0) is 0 Å². The highest BCUT2D eigenvalue weighted by Crippen LogP contribution is 2.29. The Hall–Kier alpha value is -1.09. The second-order valence-corrected chi connectivity index (χ2v) is 3.84. The van der Waals surface area contributed by atoms with Gasteiger partial charge in [0, 0.05) is 21.7 Å². The molecule has 0 fully saturated rings. The summed E-state index contributed by atoms with van der Waals surface area (Å²) in [5.41, 5.74) is 8.73. The van der Waals surface area contributed by atoms with Gasteiger partial charge in [-0.1, -0.05) is 22.0 Å². The molecule has 0 bridgehead atoms. The lowest BCUT2D eigenvalue weighted by Crippen LogP contribution is -1.91. The number of nitrogen functional groups attached to an aromatic ring is 1. The first-order valence-electron chi connectivity index (χ1n) is 3.99. The molecular weight excluding hydrogens is 228 g/mol. The largest absolute Gasteiger partial charge is 0.398 e. The maximum atomic E-state index is 5.86. The van der Waals surface area contributed by atoms with E-state index >= 15 is 0 Å². The SMILES string of the molecule is Cc1ccc(Br)c2c(N)ccnc12. The van der Waals surface area contributed by atoms with Gasteiger partial charge in [0.15, 0.2) is 0 Å². The number of aromatic nitrogens is 1. The van der Waals surface area contributed by atoms with E-state index in [1.165, 1.54) is 0 Å². The molecule has 66 valence electrons. The summed E-state index contributed by atoms with van der Waals surface area (Å²) in [5, 5.41) is 1.00. The molecular formula is C10H9BrN2. The summed E-state index contributed by atoms with van der Waals surface area (Å²) < 4.78 is 0.999.